The fraction of sp³-hybridized carbons (Fsp3) is 0.500. The van der Waals surface area contributed by atoms with Gasteiger partial charge in [0.1, 0.15) is 5.82 Å². The number of hydrogen-bond acceptors (Lipinski definition) is 6. The van der Waals surface area contributed by atoms with Crippen LogP contribution in [-0.2, 0) is 11.2 Å². The first-order valence-corrected chi connectivity index (χ1v) is 11.0. The summed E-state index contributed by atoms with van der Waals surface area (Å²) in [5, 5.41) is 8.30. The predicted octanol–water partition coefficient (Wildman–Crippen LogP) is 2.49. The van der Waals surface area contributed by atoms with E-state index in [1.165, 1.54) is 24.2 Å². The van der Waals surface area contributed by atoms with Gasteiger partial charge in [-0.1, -0.05) is 18.9 Å². The number of urea groups is 1. The molecule has 0 radical (unpaired) electrons. The zero-order valence-electron chi connectivity index (χ0n) is 16.3. The maximum Gasteiger partial charge on any atom is 0.323 e. The molecule has 2 aromatic rings. The van der Waals surface area contributed by atoms with Gasteiger partial charge in [0.25, 0.3) is 0 Å². The number of pyridine rings is 1. The average Bonchev–Trinajstić information content (AvgIpc) is 3.41. The van der Waals surface area contributed by atoms with E-state index in [0.29, 0.717) is 30.0 Å². The van der Waals surface area contributed by atoms with Gasteiger partial charge in [-0.2, -0.15) is 0 Å². The van der Waals surface area contributed by atoms with Crippen LogP contribution in [0.15, 0.2) is 29.8 Å². The Hall–Kier alpha value is -2.68. The Kier molecular flexibility index (Phi) is 6.24. The van der Waals surface area contributed by atoms with E-state index in [-0.39, 0.29) is 18.4 Å². The standard InChI is InChI=1S/C20H26N6O2S/c27-18(22-15-5-1-2-6-15)13-16-14-29-19(23-16)24-20(28)26-11-9-25(10-12-26)17-7-3-4-8-21-17/h3-4,7-8,14-15H,1-2,5-6,9-13H2,(H,22,27)(H,23,24,28). The molecule has 154 valence electrons. The first kappa shape index (κ1) is 19.6. The third-order valence-electron chi connectivity index (χ3n) is 5.37. The molecule has 29 heavy (non-hydrogen) atoms. The first-order valence-electron chi connectivity index (χ1n) is 10.1. The summed E-state index contributed by atoms with van der Waals surface area (Å²) in [6.07, 6.45) is 6.55. The number of aromatic nitrogens is 2. The summed E-state index contributed by atoms with van der Waals surface area (Å²) in [7, 11) is 0. The number of amides is 3. The maximum absolute atomic E-state index is 12.5. The normalized spacial score (nSPS) is 17.4. The van der Waals surface area contributed by atoms with Crippen LogP contribution < -0.4 is 15.5 Å². The second kappa shape index (κ2) is 9.21. The number of thiazole rings is 1. The lowest BCUT2D eigenvalue weighted by atomic mass is 10.2. The van der Waals surface area contributed by atoms with Crippen molar-refractivity contribution in [1.82, 2.24) is 20.2 Å². The number of anilines is 2. The van der Waals surface area contributed by atoms with Gasteiger partial charge in [-0.3, -0.25) is 10.1 Å². The quantitative estimate of drug-likeness (QED) is 0.785. The number of carbonyl (C=O) groups is 2. The molecule has 1 aliphatic carbocycles. The van der Waals surface area contributed by atoms with E-state index in [9.17, 15) is 9.59 Å². The van der Waals surface area contributed by atoms with Crippen molar-refractivity contribution in [2.45, 2.75) is 38.1 Å². The minimum absolute atomic E-state index is 0.00530. The third kappa shape index (κ3) is 5.23. The van der Waals surface area contributed by atoms with E-state index >= 15 is 0 Å². The molecule has 0 bridgehead atoms. The van der Waals surface area contributed by atoms with Gasteiger partial charge >= 0.3 is 6.03 Å². The Morgan fingerprint density at radius 2 is 1.93 bits per heavy atom. The molecule has 2 aliphatic rings. The van der Waals surface area contributed by atoms with Gasteiger partial charge in [0.15, 0.2) is 5.13 Å². The van der Waals surface area contributed by atoms with Gasteiger partial charge in [-0.05, 0) is 25.0 Å². The molecule has 2 N–H and O–H groups in total. The van der Waals surface area contributed by atoms with E-state index in [4.69, 9.17) is 0 Å². The molecule has 4 rings (SSSR count). The number of hydrogen-bond donors (Lipinski definition) is 2. The fourth-order valence-corrected chi connectivity index (χ4v) is 4.51. The summed E-state index contributed by atoms with van der Waals surface area (Å²) in [4.78, 5) is 37.4. The highest BCUT2D eigenvalue weighted by Gasteiger charge is 2.23. The van der Waals surface area contributed by atoms with Gasteiger partial charge in [0.05, 0.1) is 12.1 Å². The molecule has 1 saturated carbocycles. The van der Waals surface area contributed by atoms with Gasteiger partial charge in [-0.15, -0.1) is 11.3 Å². The largest absolute Gasteiger partial charge is 0.353 e. The molecule has 1 saturated heterocycles. The van der Waals surface area contributed by atoms with Crippen LogP contribution in [0.4, 0.5) is 15.7 Å². The summed E-state index contributed by atoms with van der Waals surface area (Å²) in [5.41, 5.74) is 0.695. The second-order valence-electron chi connectivity index (χ2n) is 7.46. The summed E-state index contributed by atoms with van der Waals surface area (Å²) in [6, 6.07) is 6.01. The van der Waals surface area contributed by atoms with Crippen LogP contribution in [0.2, 0.25) is 0 Å². The zero-order valence-corrected chi connectivity index (χ0v) is 17.2. The molecular formula is C20H26N6O2S. The molecule has 0 aromatic carbocycles. The molecule has 3 amide bonds. The Morgan fingerprint density at radius 3 is 2.66 bits per heavy atom. The molecule has 3 heterocycles. The molecule has 0 unspecified atom stereocenters. The smallest absolute Gasteiger partial charge is 0.323 e. The molecule has 2 aromatic heterocycles. The van der Waals surface area contributed by atoms with Crippen molar-refractivity contribution in [3.63, 3.8) is 0 Å². The lowest BCUT2D eigenvalue weighted by Crippen LogP contribution is -2.50. The highest BCUT2D eigenvalue weighted by Crippen LogP contribution is 2.20. The topological polar surface area (TPSA) is 90.5 Å². The SMILES string of the molecule is O=C(Cc1csc(NC(=O)N2CCN(c3ccccn3)CC2)n1)NC1CCCC1. The number of rotatable bonds is 5. The number of piperazine rings is 1. The Morgan fingerprint density at radius 1 is 1.14 bits per heavy atom. The molecule has 0 atom stereocenters. The van der Waals surface area contributed by atoms with Crippen molar-refractivity contribution < 1.29 is 9.59 Å². The summed E-state index contributed by atoms with van der Waals surface area (Å²) in [5.74, 6) is 0.943. The predicted molar refractivity (Wildman–Crippen MR) is 113 cm³/mol. The minimum atomic E-state index is -0.151. The number of nitrogens with zero attached hydrogens (tertiary/aromatic N) is 4. The Bertz CT molecular complexity index is 829. The maximum atomic E-state index is 12.5. The summed E-state index contributed by atoms with van der Waals surface area (Å²) >= 11 is 1.35. The molecule has 1 aliphatic heterocycles. The second-order valence-corrected chi connectivity index (χ2v) is 8.32. The summed E-state index contributed by atoms with van der Waals surface area (Å²) < 4.78 is 0. The number of nitrogens with one attached hydrogen (secondary N) is 2. The van der Waals surface area contributed by atoms with Gasteiger partial charge in [0, 0.05) is 43.8 Å². The lowest BCUT2D eigenvalue weighted by Gasteiger charge is -2.35. The van der Waals surface area contributed by atoms with Crippen LogP contribution in [0.1, 0.15) is 31.4 Å². The van der Waals surface area contributed by atoms with E-state index in [1.54, 1.807) is 11.1 Å². The van der Waals surface area contributed by atoms with Crippen molar-refractivity contribution >= 4 is 34.2 Å². The Labute approximate surface area is 174 Å². The highest BCUT2D eigenvalue weighted by molar-refractivity contribution is 7.13. The van der Waals surface area contributed by atoms with Crippen molar-refractivity contribution in [2.75, 3.05) is 36.4 Å². The van der Waals surface area contributed by atoms with E-state index in [0.717, 1.165) is 31.7 Å². The van der Waals surface area contributed by atoms with Crippen molar-refractivity contribution in [2.24, 2.45) is 0 Å². The van der Waals surface area contributed by atoms with Gasteiger partial charge in [0.2, 0.25) is 5.91 Å². The average molecular weight is 415 g/mol. The van der Waals surface area contributed by atoms with Crippen LogP contribution in [0.25, 0.3) is 0 Å². The fourth-order valence-electron chi connectivity index (χ4n) is 3.81. The Balaban J connectivity index is 1.23. The summed E-state index contributed by atoms with van der Waals surface area (Å²) in [6.45, 7) is 2.75. The van der Waals surface area contributed by atoms with Crippen LogP contribution in [0.3, 0.4) is 0 Å². The van der Waals surface area contributed by atoms with Crippen LogP contribution in [0, 0.1) is 0 Å². The highest BCUT2D eigenvalue weighted by atomic mass is 32.1. The van der Waals surface area contributed by atoms with E-state index in [1.807, 2.05) is 23.6 Å². The monoisotopic (exact) mass is 414 g/mol. The van der Waals surface area contributed by atoms with E-state index < -0.39 is 0 Å². The molecular weight excluding hydrogens is 388 g/mol. The lowest BCUT2D eigenvalue weighted by molar-refractivity contribution is -0.121. The van der Waals surface area contributed by atoms with E-state index in [2.05, 4.69) is 25.5 Å². The van der Waals surface area contributed by atoms with Gasteiger partial charge in [-0.25, -0.2) is 14.8 Å². The third-order valence-corrected chi connectivity index (χ3v) is 6.17. The van der Waals surface area contributed by atoms with Crippen molar-refractivity contribution in [3.8, 4) is 0 Å². The van der Waals surface area contributed by atoms with Crippen molar-refractivity contribution in [1.29, 1.82) is 0 Å². The van der Waals surface area contributed by atoms with Gasteiger partial charge < -0.3 is 15.1 Å². The zero-order chi connectivity index (χ0) is 20.1. The number of carbonyl (C=O) groups excluding carboxylic acids is 2. The van der Waals surface area contributed by atoms with Crippen molar-refractivity contribution in [3.05, 3.63) is 35.5 Å². The molecule has 9 heteroatoms. The van der Waals surface area contributed by atoms with Crippen LogP contribution >= 0.6 is 11.3 Å². The van der Waals surface area contributed by atoms with Crippen LogP contribution in [0.5, 0.6) is 0 Å². The molecule has 8 nitrogen and oxygen atoms in total. The first-order chi connectivity index (χ1) is 14.2. The molecule has 2 fully saturated rings. The molecule has 0 spiro atoms. The van der Waals surface area contributed by atoms with Crippen LogP contribution in [-0.4, -0.2) is 59.0 Å². The minimum Gasteiger partial charge on any atom is -0.353 e.